The zero-order chi connectivity index (χ0) is 19.2. The largest absolute Gasteiger partial charge is 0.379 e. The number of nitrogens with zero attached hydrogens (tertiary/aromatic N) is 3. The van der Waals surface area contributed by atoms with Crippen LogP contribution in [0.4, 0.5) is 5.69 Å². The fraction of sp³-hybridized carbons (Fsp3) is 0.667. The molecule has 0 spiro atoms. The van der Waals surface area contributed by atoms with Gasteiger partial charge in [0, 0.05) is 62.8 Å². The first kappa shape index (κ1) is 19.9. The molecule has 3 heterocycles. The molecule has 3 fully saturated rings. The molecule has 154 valence electrons. The Morgan fingerprint density at radius 2 is 2.07 bits per heavy atom. The Bertz CT molecular complexity index is 643. The number of rotatable bonds is 5. The smallest absolute Gasteiger partial charge is 0.191 e. The number of morpholine rings is 1. The predicted molar refractivity (Wildman–Crippen MR) is 119 cm³/mol. The van der Waals surface area contributed by atoms with E-state index in [1.807, 2.05) is 7.05 Å². The summed E-state index contributed by atoms with van der Waals surface area (Å²) in [6.07, 6.45) is 2.38. The van der Waals surface area contributed by atoms with E-state index in [2.05, 4.69) is 67.5 Å². The van der Waals surface area contributed by atoms with E-state index in [-0.39, 0.29) is 5.54 Å². The van der Waals surface area contributed by atoms with Crippen LogP contribution in [0.25, 0.3) is 0 Å². The molecule has 0 radical (unpaired) electrons. The quantitative estimate of drug-likeness (QED) is 0.576. The van der Waals surface area contributed by atoms with E-state index in [1.54, 1.807) is 0 Å². The second-order valence-corrected chi connectivity index (χ2v) is 9.07. The van der Waals surface area contributed by atoms with Crippen LogP contribution in [0.5, 0.6) is 0 Å². The van der Waals surface area contributed by atoms with Gasteiger partial charge in [-0.1, -0.05) is 18.2 Å². The third-order valence-corrected chi connectivity index (χ3v) is 7.46. The van der Waals surface area contributed by atoms with Gasteiger partial charge in [0.2, 0.25) is 0 Å². The van der Waals surface area contributed by atoms with E-state index in [4.69, 9.17) is 4.74 Å². The summed E-state index contributed by atoms with van der Waals surface area (Å²) in [6.45, 7) is 6.87. The fourth-order valence-electron chi connectivity index (χ4n) is 4.52. The van der Waals surface area contributed by atoms with E-state index in [0.717, 1.165) is 58.3 Å². The van der Waals surface area contributed by atoms with Gasteiger partial charge in [0.15, 0.2) is 5.96 Å². The first-order valence-electron chi connectivity index (χ1n) is 10.5. The first-order valence-corrected chi connectivity index (χ1v) is 11.6. The Morgan fingerprint density at radius 3 is 2.79 bits per heavy atom. The summed E-state index contributed by atoms with van der Waals surface area (Å²) in [4.78, 5) is 9.61. The van der Waals surface area contributed by atoms with Gasteiger partial charge in [-0.15, -0.1) is 0 Å². The van der Waals surface area contributed by atoms with Crippen molar-refractivity contribution in [1.82, 2.24) is 15.5 Å². The van der Waals surface area contributed by atoms with Gasteiger partial charge in [0.05, 0.1) is 13.2 Å². The molecule has 0 bridgehead atoms. The van der Waals surface area contributed by atoms with E-state index < -0.39 is 0 Å². The summed E-state index contributed by atoms with van der Waals surface area (Å²) < 4.78 is 5.58. The van der Waals surface area contributed by atoms with Gasteiger partial charge in [-0.3, -0.25) is 9.89 Å². The monoisotopic (exact) mass is 403 g/mol. The van der Waals surface area contributed by atoms with Crippen molar-refractivity contribution in [2.45, 2.75) is 24.4 Å². The van der Waals surface area contributed by atoms with Crippen molar-refractivity contribution in [3.63, 3.8) is 0 Å². The third-order valence-electron chi connectivity index (χ3n) is 6.22. The minimum Gasteiger partial charge on any atom is -0.379 e. The fourth-order valence-corrected chi connectivity index (χ4v) is 6.00. The van der Waals surface area contributed by atoms with E-state index >= 15 is 0 Å². The van der Waals surface area contributed by atoms with Crippen LogP contribution < -0.4 is 15.5 Å². The van der Waals surface area contributed by atoms with Crippen molar-refractivity contribution in [3.05, 3.63) is 30.3 Å². The molecule has 2 atom stereocenters. The van der Waals surface area contributed by atoms with Crippen LogP contribution in [-0.2, 0) is 4.74 Å². The second-order valence-electron chi connectivity index (χ2n) is 7.96. The number of ether oxygens (including phenoxy) is 1. The topological polar surface area (TPSA) is 52.1 Å². The lowest BCUT2D eigenvalue weighted by Gasteiger charge is -2.43. The molecule has 0 aliphatic carbocycles. The highest BCUT2D eigenvalue weighted by Crippen LogP contribution is 2.33. The van der Waals surface area contributed by atoms with Crippen molar-refractivity contribution in [2.24, 2.45) is 4.99 Å². The molecule has 2 unspecified atom stereocenters. The highest BCUT2D eigenvalue weighted by atomic mass is 32.2. The Kier molecular flexibility index (Phi) is 6.65. The van der Waals surface area contributed by atoms with Crippen LogP contribution in [0.15, 0.2) is 35.3 Å². The molecule has 3 aliphatic rings. The molecule has 0 saturated carbocycles. The number of para-hydroxylation sites is 1. The second kappa shape index (κ2) is 9.37. The van der Waals surface area contributed by atoms with Crippen molar-refractivity contribution in [1.29, 1.82) is 0 Å². The molecule has 3 aliphatic heterocycles. The number of hydrogen-bond donors (Lipinski definition) is 2. The minimum atomic E-state index is 0.234. The average Bonchev–Trinajstić information content (AvgIpc) is 3.43. The highest BCUT2D eigenvalue weighted by molar-refractivity contribution is 7.99. The van der Waals surface area contributed by atoms with E-state index in [9.17, 15) is 0 Å². The molecule has 28 heavy (non-hydrogen) atoms. The number of guanidine groups is 1. The maximum Gasteiger partial charge on any atom is 0.191 e. The van der Waals surface area contributed by atoms with Crippen LogP contribution in [0.3, 0.4) is 0 Å². The normalized spacial score (nSPS) is 29.2. The lowest BCUT2D eigenvalue weighted by atomic mass is 9.95. The minimum absolute atomic E-state index is 0.234. The van der Waals surface area contributed by atoms with Crippen LogP contribution in [0.1, 0.15) is 12.8 Å². The van der Waals surface area contributed by atoms with Crippen LogP contribution in [0.2, 0.25) is 0 Å². The molecule has 2 N–H and O–H groups in total. The Hall–Kier alpha value is -1.44. The van der Waals surface area contributed by atoms with Gasteiger partial charge in [-0.2, -0.15) is 11.8 Å². The standard InChI is InChI=1S/C21H33N5OS/c1-22-20(24-18-7-9-25(15-18)19-5-3-2-4-6-19)23-16-21(8-14-28-17-21)26-10-12-27-13-11-26/h2-6,18H,7-17H2,1H3,(H2,22,23,24). The Morgan fingerprint density at radius 1 is 1.25 bits per heavy atom. The molecule has 1 aromatic rings. The number of hydrogen-bond acceptors (Lipinski definition) is 5. The van der Waals surface area contributed by atoms with E-state index in [0.29, 0.717) is 6.04 Å². The molecule has 6 nitrogen and oxygen atoms in total. The van der Waals surface area contributed by atoms with Crippen molar-refractivity contribution < 1.29 is 4.74 Å². The molecule has 7 heteroatoms. The van der Waals surface area contributed by atoms with Crippen molar-refractivity contribution in [3.8, 4) is 0 Å². The van der Waals surface area contributed by atoms with Gasteiger partial charge in [0.1, 0.15) is 0 Å². The van der Waals surface area contributed by atoms with Crippen molar-refractivity contribution in [2.75, 3.05) is 69.4 Å². The van der Waals surface area contributed by atoms with Gasteiger partial charge in [0.25, 0.3) is 0 Å². The maximum atomic E-state index is 5.58. The predicted octanol–water partition coefficient (Wildman–Crippen LogP) is 1.64. The third kappa shape index (κ3) is 4.58. The summed E-state index contributed by atoms with van der Waals surface area (Å²) in [5.41, 5.74) is 1.54. The highest BCUT2D eigenvalue weighted by Gasteiger charge is 2.40. The first-order chi connectivity index (χ1) is 13.8. The average molecular weight is 404 g/mol. The molecular weight excluding hydrogens is 370 g/mol. The van der Waals surface area contributed by atoms with Gasteiger partial charge < -0.3 is 20.3 Å². The number of aliphatic imine (C=N–C) groups is 1. The number of anilines is 1. The van der Waals surface area contributed by atoms with Gasteiger partial charge in [-0.05, 0) is 30.7 Å². The summed E-state index contributed by atoms with van der Waals surface area (Å²) in [5.74, 6) is 3.38. The maximum absolute atomic E-state index is 5.58. The zero-order valence-electron chi connectivity index (χ0n) is 16.9. The summed E-state index contributed by atoms with van der Waals surface area (Å²) in [6, 6.07) is 11.1. The lowest BCUT2D eigenvalue weighted by Crippen LogP contribution is -2.60. The SMILES string of the molecule is CN=C(NCC1(N2CCOCC2)CCSC1)NC1CCN(c2ccccc2)C1. The molecule has 0 amide bonds. The molecule has 1 aromatic carbocycles. The molecule has 3 saturated heterocycles. The Labute approximate surface area is 173 Å². The molecule has 4 rings (SSSR count). The zero-order valence-corrected chi connectivity index (χ0v) is 17.7. The summed E-state index contributed by atoms with van der Waals surface area (Å²) in [7, 11) is 1.88. The molecule has 0 aromatic heterocycles. The van der Waals surface area contributed by atoms with Crippen molar-refractivity contribution >= 4 is 23.4 Å². The van der Waals surface area contributed by atoms with E-state index in [1.165, 1.54) is 23.6 Å². The number of benzene rings is 1. The number of thioether (sulfide) groups is 1. The summed E-state index contributed by atoms with van der Waals surface area (Å²) >= 11 is 2.08. The van der Waals surface area contributed by atoms with Crippen LogP contribution in [0, 0.1) is 0 Å². The summed E-state index contributed by atoms with van der Waals surface area (Å²) in [5, 5.41) is 7.31. The Balaban J connectivity index is 1.31. The number of nitrogens with one attached hydrogen (secondary N) is 2. The van der Waals surface area contributed by atoms with Crippen LogP contribution >= 0.6 is 11.8 Å². The lowest BCUT2D eigenvalue weighted by molar-refractivity contribution is -0.0120. The van der Waals surface area contributed by atoms with Gasteiger partial charge >= 0.3 is 0 Å². The van der Waals surface area contributed by atoms with Gasteiger partial charge in [-0.25, -0.2) is 0 Å². The molecular formula is C21H33N5OS. The van der Waals surface area contributed by atoms with Crippen LogP contribution in [-0.4, -0.2) is 86.9 Å².